The van der Waals surface area contributed by atoms with Crippen molar-refractivity contribution >= 4 is 0 Å². The first kappa shape index (κ1) is 12.8. The Kier molecular flexibility index (Phi) is 3.48. The van der Waals surface area contributed by atoms with E-state index >= 15 is 0 Å². The molecule has 0 spiro atoms. The minimum atomic E-state index is -0.211. The molecule has 0 radical (unpaired) electrons. The van der Waals surface area contributed by atoms with E-state index in [9.17, 15) is 4.39 Å². The number of halogens is 1. The summed E-state index contributed by atoms with van der Waals surface area (Å²) in [6.07, 6.45) is 1.83. The summed E-state index contributed by atoms with van der Waals surface area (Å²) in [7, 11) is 3.78. The Hall–Kier alpha value is -1.68. The molecule has 0 aliphatic carbocycles. The van der Waals surface area contributed by atoms with E-state index in [2.05, 4.69) is 10.4 Å². The topological polar surface area (TPSA) is 29.9 Å². The van der Waals surface area contributed by atoms with Gasteiger partial charge in [-0.1, -0.05) is 6.07 Å². The third-order valence-electron chi connectivity index (χ3n) is 3.43. The maximum Gasteiger partial charge on any atom is 0.123 e. The summed E-state index contributed by atoms with van der Waals surface area (Å²) in [4.78, 5) is 0. The van der Waals surface area contributed by atoms with E-state index in [1.54, 1.807) is 12.1 Å². The van der Waals surface area contributed by atoms with Gasteiger partial charge in [0.05, 0.1) is 12.2 Å². The molecule has 2 rings (SSSR count). The van der Waals surface area contributed by atoms with Crippen LogP contribution in [0.5, 0.6) is 0 Å². The monoisotopic (exact) mass is 247 g/mol. The van der Waals surface area contributed by atoms with E-state index in [0.717, 1.165) is 22.4 Å². The normalized spacial score (nSPS) is 12.7. The second kappa shape index (κ2) is 4.90. The zero-order valence-electron chi connectivity index (χ0n) is 11.2. The van der Waals surface area contributed by atoms with Crippen LogP contribution in [0.25, 0.3) is 0 Å². The highest BCUT2D eigenvalue weighted by Crippen LogP contribution is 2.27. The molecule has 0 saturated carbocycles. The predicted octanol–water partition coefficient (Wildman–Crippen LogP) is 2.48. The van der Waals surface area contributed by atoms with Gasteiger partial charge in [-0.3, -0.25) is 4.68 Å². The quantitative estimate of drug-likeness (QED) is 0.903. The Balaban J connectivity index is 2.51. The fraction of sp³-hybridized carbons (Fsp3) is 0.357. The second-order valence-corrected chi connectivity index (χ2v) is 4.53. The molecule has 3 nitrogen and oxygen atoms in total. The summed E-state index contributed by atoms with van der Waals surface area (Å²) in [6.45, 7) is 4.01. The van der Waals surface area contributed by atoms with Gasteiger partial charge < -0.3 is 5.32 Å². The van der Waals surface area contributed by atoms with Gasteiger partial charge in [-0.15, -0.1) is 0 Å². The lowest BCUT2D eigenvalue weighted by Crippen LogP contribution is -2.19. The average molecular weight is 247 g/mol. The maximum atomic E-state index is 13.4. The van der Waals surface area contributed by atoms with Gasteiger partial charge in [-0.25, -0.2) is 4.39 Å². The number of aromatic nitrogens is 2. The Morgan fingerprint density at radius 3 is 2.56 bits per heavy atom. The van der Waals surface area contributed by atoms with Gasteiger partial charge in [-0.2, -0.15) is 5.10 Å². The number of benzene rings is 1. The van der Waals surface area contributed by atoms with Gasteiger partial charge >= 0.3 is 0 Å². The predicted molar refractivity (Wildman–Crippen MR) is 70.0 cm³/mol. The summed E-state index contributed by atoms with van der Waals surface area (Å²) in [5.74, 6) is -0.211. The first-order valence-corrected chi connectivity index (χ1v) is 5.96. The first-order valence-electron chi connectivity index (χ1n) is 5.96. The summed E-state index contributed by atoms with van der Waals surface area (Å²) in [6, 6.07) is 4.85. The van der Waals surface area contributed by atoms with Crippen molar-refractivity contribution in [1.29, 1.82) is 0 Å². The van der Waals surface area contributed by atoms with Crippen LogP contribution in [0, 0.1) is 19.7 Å². The largest absolute Gasteiger partial charge is 0.309 e. The van der Waals surface area contributed by atoms with Crippen molar-refractivity contribution in [3.8, 4) is 0 Å². The number of rotatable bonds is 3. The van der Waals surface area contributed by atoms with Crippen LogP contribution in [-0.4, -0.2) is 16.8 Å². The summed E-state index contributed by atoms with van der Waals surface area (Å²) >= 11 is 0. The second-order valence-electron chi connectivity index (χ2n) is 4.53. The molecule has 1 aromatic heterocycles. The van der Waals surface area contributed by atoms with Gasteiger partial charge in [-0.05, 0) is 44.2 Å². The Morgan fingerprint density at radius 1 is 1.28 bits per heavy atom. The molecule has 1 atom stereocenters. The molecular formula is C14H18FN3. The van der Waals surface area contributed by atoms with Crippen LogP contribution >= 0.6 is 0 Å². The number of hydrogen-bond donors (Lipinski definition) is 1. The van der Waals surface area contributed by atoms with Crippen molar-refractivity contribution < 1.29 is 4.39 Å². The number of hydrogen-bond acceptors (Lipinski definition) is 2. The van der Waals surface area contributed by atoms with E-state index in [1.165, 1.54) is 6.07 Å². The molecule has 1 aromatic carbocycles. The van der Waals surface area contributed by atoms with Gasteiger partial charge in [0.2, 0.25) is 0 Å². The third-order valence-corrected chi connectivity index (χ3v) is 3.43. The lowest BCUT2D eigenvalue weighted by Gasteiger charge is -2.19. The van der Waals surface area contributed by atoms with E-state index in [-0.39, 0.29) is 11.9 Å². The number of nitrogens with one attached hydrogen (secondary N) is 1. The molecule has 0 aliphatic heterocycles. The Morgan fingerprint density at radius 2 is 2.00 bits per heavy atom. The first-order chi connectivity index (χ1) is 8.54. The minimum absolute atomic E-state index is 0.0330. The van der Waals surface area contributed by atoms with Crippen LogP contribution in [0.3, 0.4) is 0 Å². The highest BCUT2D eigenvalue weighted by atomic mass is 19.1. The molecule has 0 fully saturated rings. The van der Waals surface area contributed by atoms with Crippen molar-refractivity contribution in [3.63, 3.8) is 0 Å². The summed E-state index contributed by atoms with van der Waals surface area (Å²) < 4.78 is 15.2. The summed E-state index contributed by atoms with van der Waals surface area (Å²) in [5, 5.41) is 7.48. The molecule has 96 valence electrons. The highest BCUT2D eigenvalue weighted by Gasteiger charge is 2.19. The van der Waals surface area contributed by atoms with Gasteiger partial charge in [0.25, 0.3) is 0 Å². The molecule has 4 heteroatoms. The highest BCUT2D eigenvalue weighted by molar-refractivity contribution is 5.38. The van der Waals surface area contributed by atoms with Crippen LogP contribution in [0.2, 0.25) is 0 Å². The minimum Gasteiger partial charge on any atom is -0.309 e. The molecular weight excluding hydrogens is 229 g/mol. The van der Waals surface area contributed by atoms with Crippen LogP contribution in [-0.2, 0) is 7.05 Å². The van der Waals surface area contributed by atoms with E-state index in [1.807, 2.05) is 38.8 Å². The van der Waals surface area contributed by atoms with Crippen molar-refractivity contribution in [1.82, 2.24) is 15.1 Å². The SMILES string of the molecule is CNC(c1cc(F)ccc1C)c1cnn(C)c1C. The number of nitrogens with zero attached hydrogens (tertiary/aromatic N) is 2. The van der Waals surface area contributed by atoms with Crippen LogP contribution in [0.4, 0.5) is 4.39 Å². The van der Waals surface area contributed by atoms with Gasteiger partial charge in [0.15, 0.2) is 0 Å². The van der Waals surface area contributed by atoms with Crippen molar-refractivity contribution in [2.75, 3.05) is 7.05 Å². The molecule has 2 aromatic rings. The smallest absolute Gasteiger partial charge is 0.123 e. The zero-order valence-corrected chi connectivity index (χ0v) is 11.2. The number of aryl methyl sites for hydroxylation is 2. The molecule has 1 heterocycles. The molecule has 1 N–H and O–H groups in total. The lowest BCUT2D eigenvalue weighted by atomic mass is 9.95. The fourth-order valence-corrected chi connectivity index (χ4v) is 2.20. The zero-order chi connectivity index (χ0) is 13.3. The molecule has 18 heavy (non-hydrogen) atoms. The van der Waals surface area contributed by atoms with Crippen LogP contribution < -0.4 is 5.32 Å². The third kappa shape index (κ3) is 2.16. The van der Waals surface area contributed by atoms with Crippen molar-refractivity contribution in [3.05, 3.63) is 52.6 Å². The van der Waals surface area contributed by atoms with E-state index in [0.29, 0.717) is 0 Å². The lowest BCUT2D eigenvalue weighted by molar-refractivity contribution is 0.614. The van der Waals surface area contributed by atoms with Gasteiger partial charge in [0.1, 0.15) is 5.82 Å². The average Bonchev–Trinajstić information content (AvgIpc) is 2.67. The summed E-state index contributed by atoms with van der Waals surface area (Å²) in [5.41, 5.74) is 4.18. The Bertz CT molecular complexity index is 560. The van der Waals surface area contributed by atoms with E-state index in [4.69, 9.17) is 0 Å². The van der Waals surface area contributed by atoms with Crippen LogP contribution in [0.15, 0.2) is 24.4 Å². The molecule has 0 saturated heterocycles. The van der Waals surface area contributed by atoms with Crippen molar-refractivity contribution in [2.24, 2.45) is 7.05 Å². The molecule has 1 unspecified atom stereocenters. The van der Waals surface area contributed by atoms with Crippen molar-refractivity contribution in [2.45, 2.75) is 19.9 Å². The maximum absolute atomic E-state index is 13.4. The van der Waals surface area contributed by atoms with Crippen LogP contribution in [0.1, 0.15) is 28.4 Å². The standard InChI is InChI=1S/C14H18FN3/c1-9-5-6-11(15)7-12(9)14(16-3)13-8-17-18(4)10(13)2/h5-8,14,16H,1-4H3. The fourth-order valence-electron chi connectivity index (χ4n) is 2.20. The molecule has 0 amide bonds. The van der Waals surface area contributed by atoms with E-state index < -0.39 is 0 Å². The molecule has 0 bridgehead atoms. The van der Waals surface area contributed by atoms with Gasteiger partial charge in [0, 0.05) is 18.3 Å². The Labute approximate surface area is 107 Å². The molecule has 0 aliphatic rings.